The fourth-order valence-corrected chi connectivity index (χ4v) is 4.29. The average Bonchev–Trinajstić information content (AvgIpc) is 2.98. The van der Waals surface area contributed by atoms with Gasteiger partial charge in [-0.05, 0) is 55.2 Å². The molecule has 1 atom stereocenters. The number of piperidine rings is 1. The number of carbonyl (C=O) groups excluding carboxylic acids is 3. The number of rotatable bonds is 4. The molecule has 2 heterocycles. The van der Waals surface area contributed by atoms with Gasteiger partial charge in [-0.1, -0.05) is 36.2 Å². The van der Waals surface area contributed by atoms with Crippen LogP contribution in [0, 0.1) is 11.7 Å². The number of benzene rings is 2. The number of anilines is 2. The van der Waals surface area contributed by atoms with Gasteiger partial charge in [0.25, 0.3) is 17.7 Å². The highest BCUT2D eigenvalue weighted by molar-refractivity contribution is 6.53. The largest absolute Gasteiger partial charge is 0.350 e. The zero-order valence-corrected chi connectivity index (χ0v) is 18.7. The summed E-state index contributed by atoms with van der Waals surface area (Å²) < 4.78 is 13.5. The van der Waals surface area contributed by atoms with E-state index >= 15 is 0 Å². The van der Waals surface area contributed by atoms with Gasteiger partial charge in [0.2, 0.25) is 0 Å². The van der Waals surface area contributed by atoms with Crippen molar-refractivity contribution in [2.75, 3.05) is 23.3 Å². The molecule has 0 bridgehead atoms. The van der Waals surface area contributed by atoms with Crippen molar-refractivity contribution in [2.24, 2.45) is 5.92 Å². The van der Waals surface area contributed by atoms with Crippen LogP contribution in [0.4, 0.5) is 15.8 Å². The summed E-state index contributed by atoms with van der Waals surface area (Å²) in [4.78, 5) is 41.1. The molecule has 9 heteroatoms. The molecule has 2 aromatic carbocycles. The van der Waals surface area contributed by atoms with Crippen molar-refractivity contribution >= 4 is 52.3 Å². The van der Waals surface area contributed by atoms with Gasteiger partial charge in [0.15, 0.2) is 0 Å². The third kappa shape index (κ3) is 4.23. The summed E-state index contributed by atoms with van der Waals surface area (Å²) >= 11 is 11.9. The normalized spacial score (nSPS) is 19.1. The summed E-state index contributed by atoms with van der Waals surface area (Å²) in [6.45, 7) is 3.53. The van der Waals surface area contributed by atoms with Crippen LogP contribution in [0.25, 0.3) is 0 Å². The van der Waals surface area contributed by atoms with Crippen molar-refractivity contribution in [1.29, 1.82) is 0 Å². The topological polar surface area (TPSA) is 69.7 Å². The Morgan fingerprint density at radius 2 is 1.91 bits per heavy atom. The Balaban J connectivity index is 1.55. The molecule has 4 rings (SSSR count). The Labute approximate surface area is 194 Å². The maximum Gasteiger partial charge on any atom is 0.283 e. The van der Waals surface area contributed by atoms with Gasteiger partial charge in [0.05, 0.1) is 10.7 Å². The fraction of sp³-hybridized carbons (Fsp3) is 0.261. The molecule has 2 aliphatic heterocycles. The van der Waals surface area contributed by atoms with Crippen molar-refractivity contribution in [2.45, 2.75) is 19.8 Å². The molecule has 0 saturated carbocycles. The number of amides is 3. The number of nitrogens with one attached hydrogen (secondary N) is 1. The van der Waals surface area contributed by atoms with Gasteiger partial charge in [-0.25, -0.2) is 9.29 Å². The van der Waals surface area contributed by atoms with Crippen LogP contribution < -0.4 is 10.2 Å². The summed E-state index contributed by atoms with van der Waals surface area (Å²) in [5.74, 6) is -1.76. The molecular weight excluding hydrogens is 456 g/mol. The van der Waals surface area contributed by atoms with Gasteiger partial charge < -0.3 is 10.2 Å². The zero-order valence-electron chi connectivity index (χ0n) is 17.2. The van der Waals surface area contributed by atoms with Gasteiger partial charge in [-0.15, -0.1) is 0 Å². The lowest BCUT2D eigenvalue weighted by molar-refractivity contribution is -0.120. The molecule has 166 valence electrons. The Morgan fingerprint density at radius 3 is 2.62 bits per heavy atom. The molecular formula is C23H20Cl2FN3O3. The highest BCUT2D eigenvalue weighted by atomic mass is 35.5. The molecule has 0 aromatic heterocycles. The van der Waals surface area contributed by atoms with Gasteiger partial charge in [0.1, 0.15) is 16.5 Å². The van der Waals surface area contributed by atoms with Crippen molar-refractivity contribution < 1.29 is 18.8 Å². The van der Waals surface area contributed by atoms with Crippen LogP contribution >= 0.6 is 23.2 Å². The second kappa shape index (κ2) is 8.92. The summed E-state index contributed by atoms with van der Waals surface area (Å²) in [6, 6.07) is 10.2. The van der Waals surface area contributed by atoms with Crippen LogP contribution in [0.3, 0.4) is 0 Å². The second-order valence-electron chi connectivity index (χ2n) is 7.94. The van der Waals surface area contributed by atoms with Gasteiger partial charge in [-0.3, -0.25) is 14.4 Å². The Bertz CT molecular complexity index is 1150. The second-order valence-corrected chi connectivity index (χ2v) is 8.72. The number of halogens is 3. The number of hydrogen-bond donors (Lipinski definition) is 1. The van der Waals surface area contributed by atoms with E-state index in [4.69, 9.17) is 23.2 Å². The summed E-state index contributed by atoms with van der Waals surface area (Å²) in [6.07, 6.45) is 2.07. The van der Waals surface area contributed by atoms with Crippen LogP contribution in [0.2, 0.25) is 5.02 Å². The maximum absolute atomic E-state index is 13.5. The third-order valence-electron chi connectivity index (χ3n) is 5.51. The molecule has 2 aromatic rings. The number of carbonyl (C=O) groups is 3. The first-order chi connectivity index (χ1) is 15.3. The number of nitrogens with zero attached hydrogens (tertiary/aromatic N) is 2. The van der Waals surface area contributed by atoms with Crippen LogP contribution in [0.5, 0.6) is 0 Å². The quantitative estimate of drug-likeness (QED) is 0.645. The van der Waals surface area contributed by atoms with E-state index in [0.717, 1.165) is 23.8 Å². The third-order valence-corrected chi connectivity index (χ3v) is 6.15. The van der Waals surface area contributed by atoms with Crippen molar-refractivity contribution in [3.8, 4) is 0 Å². The maximum atomic E-state index is 13.5. The molecule has 1 unspecified atom stereocenters. The number of imide groups is 1. The van der Waals surface area contributed by atoms with Crippen LogP contribution in [-0.4, -0.2) is 35.7 Å². The van der Waals surface area contributed by atoms with E-state index < -0.39 is 17.6 Å². The Kier molecular flexibility index (Phi) is 6.22. The van der Waals surface area contributed by atoms with Crippen LogP contribution in [0.15, 0.2) is 53.2 Å². The number of likely N-dealkylation sites (tertiary alicyclic amines) is 1. The average molecular weight is 476 g/mol. The number of hydrogen-bond acceptors (Lipinski definition) is 4. The molecule has 0 aliphatic carbocycles. The minimum absolute atomic E-state index is 0.0864. The summed E-state index contributed by atoms with van der Waals surface area (Å²) in [5, 5.41) is 2.33. The predicted molar refractivity (Wildman–Crippen MR) is 121 cm³/mol. The lowest BCUT2D eigenvalue weighted by Gasteiger charge is -2.31. The van der Waals surface area contributed by atoms with Crippen molar-refractivity contribution in [3.63, 3.8) is 0 Å². The Hall–Kier alpha value is -2.90. The minimum Gasteiger partial charge on any atom is -0.350 e. The standard InChI is InChI=1S/C23H20Cl2FN3O3/c1-13-4-3-9-28(12-13)21(30)14-5-2-6-15(10-14)27-20-19(25)22(31)29(23(20)32)16-7-8-18(26)17(24)11-16/h2,5-8,10-11,13,27H,3-4,9,12H2,1H3. The van der Waals surface area contributed by atoms with E-state index in [1.54, 1.807) is 24.3 Å². The molecule has 0 radical (unpaired) electrons. The first-order valence-corrected chi connectivity index (χ1v) is 10.9. The molecule has 1 fully saturated rings. The van der Waals surface area contributed by atoms with E-state index in [-0.39, 0.29) is 27.3 Å². The van der Waals surface area contributed by atoms with Gasteiger partial charge >= 0.3 is 0 Å². The van der Waals surface area contributed by atoms with Crippen LogP contribution in [0.1, 0.15) is 30.1 Å². The molecule has 32 heavy (non-hydrogen) atoms. The fourth-order valence-electron chi connectivity index (χ4n) is 3.90. The monoisotopic (exact) mass is 475 g/mol. The summed E-state index contributed by atoms with van der Waals surface area (Å²) in [7, 11) is 0. The SMILES string of the molecule is CC1CCCN(C(=O)c2cccc(NC3=C(Cl)C(=O)N(c4ccc(F)c(Cl)c4)C3=O)c2)C1. The summed E-state index contributed by atoms with van der Waals surface area (Å²) in [5.41, 5.74) is 0.881. The minimum atomic E-state index is -0.753. The highest BCUT2D eigenvalue weighted by Gasteiger charge is 2.39. The molecule has 3 amide bonds. The molecule has 2 aliphatic rings. The van der Waals surface area contributed by atoms with Gasteiger partial charge in [0, 0.05) is 24.3 Å². The first kappa shape index (κ1) is 22.3. The zero-order chi connectivity index (χ0) is 23.0. The lowest BCUT2D eigenvalue weighted by atomic mass is 9.99. The van der Waals surface area contributed by atoms with E-state index in [9.17, 15) is 18.8 Å². The molecule has 1 N–H and O–H groups in total. The highest BCUT2D eigenvalue weighted by Crippen LogP contribution is 2.32. The molecule has 0 spiro atoms. The van der Waals surface area contributed by atoms with E-state index in [1.807, 2.05) is 4.90 Å². The van der Waals surface area contributed by atoms with E-state index in [1.165, 1.54) is 12.1 Å². The first-order valence-electron chi connectivity index (χ1n) is 10.2. The molecule has 1 saturated heterocycles. The molecule has 6 nitrogen and oxygen atoms in total. The van der Waals surface area contributed by atoms with Crippen LogP contribution in [-0.2, 0) is 9.59 Å². The smallest absolute Gasteiger partial charge is 0.283 e. The van der Waals surface area contributed by atoms with E-state index in [2.05, 4.69) is 12.2 Å². The van der Waals surface area contributed by atoms with Gasteiger partial charge in [-0.2, -0.15) is 0 Å². The van der Waals surface area contributed by atoms with Crippen molar-refractivity contribution in [3.05, 3.63) is 69.6 Å². The van der Waals surface area contributed by atoms with E-state index in [0.29, 0.717) is 30.3 Å². The Morgan fingerprint density at radius 1 is 1.12 bits per heavy atom. The van der Waals surface area contributed by atoms with Crippen molar-refractivity contribution in [1.82, 2.24) is 4.90 Å². The lowest BCUT2D eigenvalue weighted by Crippen LogP contribution is -2.39. The predicted octanol–water partition coefficient (Wildman–Crippen LogP) is 4.79.